The fraction of sp³-hybridized carbons (Fsp3) is 0.455. The quantitative estimate of drug-likeness (QED) is 0.486. The van der Waals surface area contributed by atoms with Crippen molar-refractivity contribution in [1.29, 1.82) is 0 Å². The van der Waals surface area contributed by atoms with Crippen LogP contribution >= 0.6 is 58.2 Å². The van der Waals surface area contributed by atoms with E-state index in [9.17, 15) is 9.59 Å². The van der Waals surface area contributed by atoms with Gasteiger partial charge in [0.15, 0.2) is 8.68 Å². The number of nitrogens with one attached hydrogen (secondary N) is 1. The molecule has 8 nitrogen and oxygen atoms in total. The smallest absolute Gasteiger partial charge is 0.242 e. The highest BCUT2D eigenvalue weighted by Gasteiger charge is 2.31. The minimum absolute atomic E-state index is 0.124. The third-order valence-corrected chi connectivity index (χ3v) is 7.03. The summed E-state index contributed by atoms with van der Waals surface area (Å²) in [6.07, 6.45) is 1.90. The zero-order valence-corrected chi connectivity index (χ0v) is 17.0. The molecule has 0 aromatic carbocycles. The number of hydrogen-bond donors (Lipinski definition) is 2. The highest BCUT2D eigenvalue weighted by molar-refractivity contribution is 8.03. The summed E-state index contributed by atoms with van der Waals surface area (Å²) in [7, 11) is 0. The second-order valence-corrected chi connectivity index (χ2v) is 10.3. The van der Waals surface area contributed by atoms with Crippen LogP contribution in [-0.2, 0) is 9.59 Å². The van der Waals surface area contributed by atoms with E-state index in [-0.39, 0.29) is 11.7 Å². The van der Waals surface area contributed by atoms with E-state index in [0.717, 1.165) is 4.34 Å². The van der Waals surface area contributed by atoms with Crippen LogP contribution in [0.4, 0.5) is 5.13 Å². The summed E-state index contributed by atoms with van der Waals surface area (Å²) in [4.78, 5) is 27.6. The Balaban J connectivity index is 1.95. The molecule has 0 aliphatic rings. The molecular formula is C11H14N6O2S5. The molecule has 24 heavy (non-hydrogen) atoms. The van der Waals surface area contributed by atoms with Crippen molar-refractivity contribution in [1.82, 2.24) is 19.6 Å². The van der Waals surface area contributed by atoms with Crippen LogP contribution in [0.25, 0.3) is 0 Å². The van der Waals surface area contributed by atoms with Gasteiger partial charge in [0.25, 0.3) is 0 Å². The second kappa shape index (κ2) is 8.47. The lowest BCUT2D eigenvalue weighted by Crippen LogP contribution is -2.33. The Bertz CT molecular complexity index is 730. The first-order valence-electron chi connectivity index (χ1n) is 6.43. The minimum atomic E-state index is -0.749. The predicted octanol–water partition coefficient (Wildman–Crippen LogP) is 2.20. The monoisotopic (exact) mass is 422 g/mol. The highest BCUT2D eigenvalue weighted by Crippen LogP contribution is 2.36. The van der Waals surface area contributed by atoms with Crippen LogP contribution in [-0.4, -0.2) is 48.1 Å². The van der Waals surface area contributed by atoms with Gasteiger partial charge in [-0.3, -0.25) is 14.9 Å². The molecule has 0 spiro atoms. The van der Waals surface area contributed by atoms with Gasteiger partial charge >= 0.3 is 0 Å². The van der Waals surface area contributed by atoms with Crippen molar-refractivity contribution in [2.75, 3.05) is 17.3 Å². The summed E-state index contributed by atoms with van der Waals surface area (Å²) in [5.74, 6) is -0.519. The van der Waals surface area contributed by atoms with E-state index in [1.165, 1.54) is 58.2 Å². The first-order chi connectivity index (χ1) is 11.3. The molecular weight excluding hydrogens is 408 g/mol. The van der Waals surface area contributed by atoms with Crippen molar-refractivity contribution >= 4 is 75.1 Å². The van der Waals surface area contributed by atoms with Crippen molar-refractivity contribution in [2.45, 2.75) is 32.4 Å². The molecule has 0 saturated heterocycles. The average Bonchev–Trinajstić information content (AvgIpc) is 3.13. The van der Waals surface area contributed by atoms with Gasteiger partial charge in [-0.05, 0) is 31.6 Å². The number of rotatable bonds is 8. The Morgan fingerprint density at radius 3 is 2.67 bits per heavy atom. The normalized spacial score (nSPS) is 11.5. The predicted molar refractivity (Wildman–Crippen MR) is 100 cm³/mol. The number of thioether (sulfide) groups is 3. The number of aromatic nitrogens is 4. The number of amides is 2. The van der Waals surface area contributed by atoms with E-state index in [4.69, 9.17) is 5.73 Å². The van der Waals surface area contributed by atoms with Crippen LogP contribution in [0.15, 0.2) is 13.8 Å². The molecule has 3 N–H and O–H groups in total. The van der Waals surface area contributed by atoms with Gasteiger partial charge in [0.05, 0.1) is 10.5 Å². The summed E-state index contributed by atoms with van der Waals surface area (Å²) in [6.45, 7) is 3.61. The minimum Gasteiger partial charge on any atom is -0.369 e. The summed E-state index contributed by atoms with van der Waals surface area (Å²) >= 11 is 6.45. The SMILES string of the molecule is CSc1nsc(SC(C)(C)C(=O)Nc2nnc(SCC(N)=O)s2)n1. The van der Waals surface area contributed by atoms with Gasteiger partial charge < -0.3 is 5.73 Å². The molecule has 2 amide bonds. The maximum absolute atomic E-state index is 12.5. The Morgan fingerprint density at radius 2 is 2.04 bits per heavy atom. The molecule has 2 aromatic rings. The Labute approximate surface area is 159 Å². The molecule has 0 fully saturated rings. The highest BCUT2D eigenvalue weighted by atomic mass is 32.2. The first-order valence-corrected chi connectivity index (χ1v) is 11.0. The Kier molecular flexibility index (Phi) is 6.86. The van der Waals surface area contributed by atoms with Crippen molar-refractivity contribution in [3.8, 4) is 0 Å². The van der Waals surface area contributed by atoms with Gasteiger partial charge in [-0.1, -0.05) is 46.6 Å². The van der Waals surface area contributed by atoms with Gasteiger partial charge in [0.2, 0.25) is 22.1 Å². The van der Waals surface area contributed by atoms with Crippen LogP contribution in [0.5, 0.6) is 0 Å². The molecule has 2 heterocycles. The topological polar surface area (TPSA) is 124 Å². The third-order valence-electron chi connectivity index (χ3n) is 2.43. The first kappa shape index (κ1) is 19.4. The van der Waals surface area contributed by atoms with E-state index < -0.39 is 10.7 Å². The maximum atomic E-state index is 12.5. The van der Waals surface area contributed by atoms with Crippen molar-refractivity contribution in [3.63, 3.8) is 0 Å². The van der Waals surface area contributed by atoms with Gasteiger partial charge in [0, 0.05) is 0 Å². The molecule has 130 valence electrons. The fourth-order valence-corrected chi connectivity index (χ4v) is 5.40. The summed E-state index contributed by atoms with van der Waals surface area (Å²) in [5, 5.41) is 11.6. The number of carbonyl (C=O) groups is 2. The van der Waals surface area contributed by atoms with Crippen molar-refractivity contribution in [2.24, 2.45) is 5.73 Å². The largest absolute Gasteiger partial charge is 0.369 e. The van der Waals surface area contributed by atoms with E-state index in [0.29, 0.717) is 14.6 Å². The van der Waals surface area contributed by atoms with E-state index in [2.05, 4.69) is 24.9 Å². The molecule has 0 radical (unpaired) electrons. The molecule has 0 unspecified atom stereocenters. The average molecular weight is 423 g/mol. The molecule has 0 aliphatic carbocycles. The fourth-order valence-electron chi connectivity index (χ4n) is 1.29. The Hall–Kier alpha value is -0.890. The van der Waals surface area contributed by atoms with Crippen LogP contribution in [0.1, 0.15) is 13.8 Å². The molecule has 13 heteroatoms. The number of primary amides is 1. The van der Waals surface area contributed by atoms with Crippen LogP contribution in [0.3, 0.4) is 0 Å². The third kappa shape index (κ3) is 5.58. The van der Waals surface area contributed by atoms with Gasteiger partial charge in [-0.25, -0.2) is 4.98 Å². The van der Waals surface area contributed by atoms with E-state index in [1.54, 1.807) is 13.8 Å². The van der Waals surface area contributed by atoms with Crippen molar-refractivity contribution < 1.29 is 9.59 Å². The standard InChI is InChI=1S/C11H14N6O2S5/c1-11(2,23-9-14-8(20-3)17-24-9)6(19)13-7-15-16-10(22-7)21-4-5(12)18/h4H2,1-3H3,(H2,12,18)(H,13,15,19). The molecule has 2 aromatic heterocycles. The van der Waals surface area contributed by atoms with Crippen LogP contribution < -0.4 is 11.1 Å². The van der Waals surface area contributed by atoms with Gasteiger partial charge in [-0.15, -0.1) is 10.2 Å². The lowest BCUT2D eigenvalue weighted by atomic mass is 10.2. The zero-order chi connectivity index (χ0) is 17.7. The maximum Gasteiger partial charge on any atom is 0.242 e. The van der Waals surface area contributed by atoms with Gasteiger partial charge in [0.1, 0.15) is 0 Å². The number of hydrogen-bond acceptors (Lipinski definition) is 11. The molecule has 2 rings (SSSR count). The van der Waals surface area contributed by atoms with Crippen LogP contribution in [0, 0.1) is 0 Å². The van der Waals surface area contributed by atoms with Crippen LogP contribution in [0.2, 0.25) is 0 Å². The number of nitrogens with zero attached hydrogens (tertiary/aromatic N) is 4. The van der Waals surface area contributed by atoms with Crippen molar-refractivity contribution in [3.05, 3.63) is 0 Å². The van der Waals surface area contributed by atoms with E-state index in [1.807, 2.05) is 6.26 Å². The number of carbonyl (C=O) groups excluding carboxylic acids is 2. The molecule has 0 saturated carbocycles. The number of nitrogens with two attached hydrogens (primary N) is 1. The lowest BCUT2D eigenvalue weighted by Gasteiger charge is -2.20. The van der Waals surface area contributed by atoms with E-state index >= 15 is 0 Å². The second-order valence-electron chi connectivity index (χ2n) is 4.74. The molecule has 0 aliphatic heterocycles. The zero-order valence-electron chi connectivity index (χ0n) is 12.9. The van der Waals surface area contributed by atoms with Gasteiger partial charge in [-0.2, -0.15) is 4.37 Å². The summed E-state index contributed by atoms with van der Waals surface area (Å²) in [5.41, 5.74) is 5.08. The molecule has 0 bridgehead atoms. The lowest BCUT2D eigenvalue weighted by molar-refractivity contribution is -0.117. The summed E-state index contributed by atoms with van der Waals surface area (Å²) in [6, 6.07) is 0. The summed E-state index contributed by atoms with van der Waals surface area (Å²) < 4.78 is 4.74. The molecule has 0 atom stereocenters. The number of anilines is 1. The Morgan fingerprint density at radius 1 is 1.29 bits per heavy atom.